The minimum absolute atomic E-state index is 0.112. The lowest BCUT2D eigenvalue weighted by Crippen LogP contribution is -2.31. The summed E-state index contributed by atoms with van der Waals surface area (Å²) in [5, 5.41) is 4.41. The maximum atomic E-state index is 12.4. The van der Waals surface area contributed by atoms with Crippen LogP contribution >= 0.6 is 0 Å². The van der Waals surface area contributed by atoms with Crippen LogP contribution in [0.1, 0.15) is 21.8 Å². The van der Waals surface area contributed by atoms with Gasteiger partial charge in [0.2, 0.25) is 0 Å². The molecule has 0 saturated heterocycles. The number of sulfonamides is 1. The first-order valence-electron chi connectivity index (χ1n) is 6.46. The van der Waals surface area contributed by atoms with Crippen molar-refractivity contribution in [3.63, 3.8) is 0 Å². The van der Waals surface area contributed by atoms with Crippen LogP contribution in [0, 0.1) is 13.8 Å². The highest BCUT2D eigenvalue weighted by Gasteiger charge is 2.27. The first-order chi connectivity index (χ1) is 10.4. The lowest BCUT2D eigenvalue weighted by atomic mass is 10.1. The second kappa shape index (κ2) is 4.99. The van der Waals surface area contributed by atoms with E-state index < -0.39 is 15.9 Å². The Morgan fingerprint density at radius 1 is 1.27 bits per heavy atom. The first kappa shape index (κ1) is 14.3. The molecule has 0 radical (unpaired) electrons. The predicted molar refractivity (Wildman–Crippen MR) is 78.9 cm³/mol. The molecule has 0 unspecified atom stereocenters. The van der Waals surface area contributed by atoms with E-state index in [0.717, 1.165) is 5.39 Å². The molecular formula is C14H13N3O4S. The number of rotatable bonds is 3. The molecule has 0 spiro atoms. The van der Waals surface area contributed by atoms with Gasteiger partial charge in [-0.25, -0.2) is 13.1 Å². The Labute approximate surface area is 126 Å². The summed E-state index contributed by atoms with van der Waals surface area (Å²) in [5.41, 5.74) is 1.03. The van der Waals surface area contributed by atoms with Gasteiger partial charge in [0.1, 0.15) is 5.69 Å². The standard InChI is InChI=1S/C14H13N3O4S/c1-8-13(9(2)21-16-8)22(19,20)17-14(18)11-5-3-4-10-6-7-15-12(10)11/h3-7,15H,1-2H3,(H,17,18). The summed E-state index contributed by atoms with van der Waals surface area (Å²) < 4.78 is 31.6. The van der Waals surface area contributed by atoms with E-state index in [4.69, 9.17) is 4.52 Å². The quantitative estimate of drug-likeness (QED) is 0.767. The van der Waals surface area contributed by atoms with Gasteiger partial charge in [-0.3, -0.25) is 4.79 Å². The van der Waals surface area contributed by atoms with Crippen molar-refractivity contribution < 1.29 is 17.7 Å². The minimum Gasteiger partial charge on any atom is -0.361 e. The Balaban J connectivity index is 1.99. The molecule has 3 rings (SSSR count). The number of carbonyl (C=O) groups excluding carboxylic acids is 1. The van der Waals surface area contributed by atoms with E-state index in [1.165, 1.54) is 13.8 Å². The molecule has 0 atom stereocenters. The Morgan fingerprint density at radius 2 is 2.05 bits per heavy atom. The Bertz CT molecular complexity index is 950. The topological polar surface area (TPSA) is 105 Å². The molecule has 3 aromatic rings. The third kappa shape index (κ3) is 2.27. The van der Waals surface area contributed by atoms with Crippen LogP contribution in [0.5, 0.6) is 0 Å². The van der Waals surface area contributed by atoms with E-state index >= 15 is 0 Å². The fraction of sp³-hybridized carbons (Fsp3) is 0.143. The van der Waals surface area contributed by atoms with Crippen molar-refractivity contribution in [3.05, 3.63) is 47.5 Å². The molecule has 22 heavy (non-hydrogen) atoms. The SMILES string of the molecule is Cc1noc(C)c1S(=O)(=O)NC(=O)c1cccc2cc[nH]c12. The first-order valence-corrected chi connectivity index (χ1v) is 7.94. The van der Waals surface area contributed by atoms with Gasteiger partial charge in [-0.05, 0) is 26.0 Å². The normalized spacial score (nSPS) is 11.7. The summed E-state index contributed by atoms with van der Waals surface area (Å²) in [6.07, 6.45) is 1.68. The Kier molecular flexibility index (Phi) is 3.25. The van der Waals surface area contributed by atoms with Gasteiger partial charge in [-0.15, -0.1) is 0 Å². The van der Waals surface area contributed by atoms with E-state index in [-0.39, 0.29) is 21.9 Å². The van der Waals surface area contributed by atoms with Gasteiger partial charge in [0.05, 0.1) is 11.1 Å². The summed E-state index contributed by atoms with van der Waals surface area (Å²) in [4.78, 5) is 15.1. The number of benzene rings is 1. The molecule has 8 heteroatoms. The van der Waals surface area contributed by atoms with Gasteiger partial charge in [0.15, 0.2) is 10.7 Å². The number of amides is 1. The van der Waals surface area contributed by atoms with Crippen molar-refractivity contribution in [1.82, 2.24) is 14.9 Å². The average molecular weight is 319 g/mol. The number of nitrogens with one attached hydrogen (secondary N) is 2. The summed E-state index contributed by atoms with van der Waals surface area (Å²) in [6.45, 7) is 2.98. The minimum atomic E-state index is -4.05. The van der Waals surface area contributed by atoms with Crippen LogP contribution in [0.4, 0.5) is 0 Å². The fourth-order valence-electron chi connectivity index (χ4n) is 2.36. The predicted octanol–water partition coefficient (Wildman–Crippen LogP) is 1.89. The molecule has 1 aromatic carbocycles. The number of hydrogen-bond acceptors (Lipinski definition) is 5. The summed E-state index contributed by atoms with van der Waals surface area (Å²) in [7, 11) is -4.05. The fourth-order valence-corrected chi connectivity index (χ4v) is 3.66. The smallest absolute Gasteiger partial charge is 0.269 e. The van der Waals surface area contributed by atoms with Crippen LogP contribution in [0.3, 0.4) is 0 Å². The van der Waals surface area contributed by atoms with Crippen molar-refractivity contribution in [3.8, 4) is 0 Å². The van der Waals surface area contributed by atoms with Gasteiger partial charge < -0.3 is 9.51 Å². The number of carbonyl (C=O) groups is 1. The zero-order chi connectivity index (χ0) is 15.9. The second-order valence-corrected chi connectivity index (χ2v) is 6.45. The maximum absolute atomic E-state index is 12.4. The third-order valence-electron chi connectivity index (χ3n) is 3.30. The second-order valence-electron chi connectivity index (χ2n) is 4.84. The van der Waals surface area contributed by atoms with E-state index in [1.54, 1.807) is 24.4 Å². The molecule has 2 aromatic heterocycles. The van der Waals surface area contributed by atoms with Gasteiger partial charge in [-0.2, -0.15) is 0 Å². The van der Waals surface area contributed by atoms with Crippen molar-refractivity contribution in [2.75, 3.05) is 0 Å². The maximum Gasteiger partial charge on any atom is 0.269 e. The molecule has 2 N–H and O–H groups in total. The van der Waals surface area contributed by atoms with E-state index in [1.807, 2.05) is 6.07 Å². The number of fused-ring (bicyclic) bond motifs is 1. The number of aryl methyl sites for hydroxylation is 2. The summed E-state index contributed by atoms with van der Waals surface area (Å²) in [5.74, 6) is -0.580. The van der Waals surface area contributed by atoms with Gasteiger partial charge in [-0.1, -0.05) is 17.3 Å². The van der Waals surface area contributed by atoms with Crippen LogP contribution in [0.2, 0.25) is 0 Å². The molecule has 0 bridgehead atoms. The van der Waals surface area contributed by atoms with E-state index in [9.17, 15) is 13.2 Å². The molecule has 0 aliphatic carbocycles. The summed E-state index contributed by atoms with van der Waals surface area (Å²) in [6, 6.07) is 6.87. The lowest BCUT2D eigenvalue weighted by Gasteiger charge is -2.07. The van der Waals surface area contributed by atoms with Gasteiger partial charge in [0, 0.05) is 11.6 Å². The molecular weight excluding hydrogens is 306 g/mol. The van der Waals surface area contributed by atoms with Crippen LogP contribution in [-0.4, -0.2) is 24.5 Å². The number of H-pyrrole nitrogens is 1. The monoisotopic (exact) mass is 319 g/mol. The van der Waals surface area contributed by atoms with E-state index in [2.05, 4.69) is 14.9 Å². The number of aromatic nitrogens is 2. The van der Waals surface area contributed by atoms with E-state index in [0.29, 0.717) is 5.52 Å². The zero-order valence-corrected chi connectivity index (χ0v) is 12.7. The van der Waals surface area contributed by atoms with Crippen molar-refractivity contribution in [1.29, 1.82) is 0 Å². The molecule has 114 valence electrons. The summed E-state index contributed by atoms with van der Waals surface area (Å²) >= 11 is 0. The van der Waals surface area contributed by atoms with Crippen molar-refractivity contribution in [2.24, 2.45) is 0 Å². The van der Waals surface area contributed by atoms with Gasteiger partial charge >= 0.3 is 0 Å². The van der Waals surface area contributed by atoms with Gasteiger partial charge in [0.25, 0.3) is 15.9 Å². The molecule has 0 saturated carbocycles. The Morgan fingerprint density at radius 3 is 2.73 bits per heavy atom. The average Bonchev–Trinajstić information content (AvgIpc) is 3.04. The van der Waals surface area contributed by atoms with Crippen LogP contribution in [0.15, 0.2) is 39.9 Å². The number of aromatic amines is 1. The third-order valence-corrected chi connectivity index (χ3v) is 4.87. The van der Waals surface area contributed by atoms with Crippen LogP contribution < -0.4 is 4.72 Å². The lowest BCUT2D eigenvalue weighted by molar-refractivity contribution is 0.0983. The van der Waals surface area contributed by atoms with Crippen molar-refractivity contribution in [2.45, 2.75) is 18.7 Å². The highest BCUT2D eigenvalue weighted by molar-refractivity contribution is 7.90. The molecule has 7 nitrogen and oxygen atoms in total. The number of hydrogen-bond donors (Lipinski definition) is 2. The molecule has 2 heterocycles. The van der Waals surface area contributed by atoms with Crippen molar-refractivity contribution >= 4 is 26.8 Å². The van der Waals surface area contributed by atoms with Crippen LogP contribution in [0.25, 0.3) is 10.9 Å². The molecule has 1 amide bonds. The number of para-hydroxylation sites is 1. The molecule has 0 aliphatic heterocycles. The Hall–Kier alpha value is -2.61. The largest absolute Gasteiger partial charge is 0.361 e. The number of nitrogens with zero attached hydrogens (tertiary/aromatic N) is 1. The zero-order valence-electron chi connectivity index (χ0n) is 11.9. The molecule has 0 fully saturated rings. The van der Waals surface area contributed by atoms with Crippen LogP contribution in [-0.2, 0) is 10.0 Å². The highest BCUT2D eigenvalue weighted by atomic mass is 32.2. The molecule has 0 aliphatic rings. The highest BCUT2D eigenvalue weighted by Crippen LogP contribution is 2.21.